The summed E-state index contributed by atoms with van der Waals surface area (Å²) >= 11 is 0. The molecule has 1 saturated heterocycles. The fourth-order valence-corrected chi connectivity index (χ4v) is 4.48. The number of rotatable bonds is 2. The zero-order valence-electron chi connectivity index (χ0n) is 14.6. The number of nitrogens with zero attached hydrogens (tertiary/aromatic N) is 5. The lowest BCUT2D eigenvalue weighted by Gasteiger charge is -2.42. The number of piperidine rings is 1. The number of fused-ring (bicyclic) bond motifs is 2. The Bertz CT molecular complexity index is 961. The molecule has 3 aromatic heterocycles. The molecule has 0 bridgehead atoms. The average molecular weight is 351 g/mol. The fourth-order valence-electron chi connectivity index (χ4n) is 4.48. The number of anilines is 1. The van der Waals surface area contributed by atoms with Crippen molar-refractivity contribution in [1.29, 1.82) is 0 Å². The summed E-state index contributed by atoms with van der Waals surface area (Å²) in [4.78, 5) is 23.4. The Morgan fingerprint density at radius 2 is 2.12 bits per heavy atom. The minimum atomic E-state index is -0.0602. The second-order valence-electron chi connectivity index (χ2n) is 7.37. The van der Waals surface area contributed by atoms with Gasteiger partial charge >= 0.3 is 0 Å². The first kappa shape index (κ1) is 15.7. The number of pyridine rings is 1. The second-order valence-corrected chi connectivity index (χ2v) is 7.37. The van der Waals surface area contributed by atoms with Gasteiger partial charge in [0.2, 0.25) is 5.95 Å². The molecule has 0 saturated carbocycles. The monoisotopic (exact) mass is 351 g/mol. The maximum atomic E-state index is 9.81. The lowest BCUT2D eigenvalue weighted by atomic mass is 9.73. The third kappa shape index (κ3) is 2.29. The Morgan fingerprint density at radius 3 is 2.92 bits per heavy atom. The van der Waals surface area contributed by atoms with Crippen LogP contribution < -0.4 is 10.4 Å². The first-order chi connectivity index (χ1) is 12.7. The highest BCUT2D eigenvalue weighted by Crippen LogP contribution is 2.51. The van der Waals surface area contributed by atoms with Crippen LogP contribution in [-0.4, -0.2) is 43.2 Å². The van der Waals surface area contributed by atoms with Gasteiger partial charge in [-0.15, -0.1) is 0 Å². The number of nitrogens with one attached hydrogen (secondary N) is 2. The molecule has 134 valence electrons. The van der Waals surface area contributed by atoms with Crippen molar-refractivity contribution in [2.24, 2.45) is 5.41 Å². The van der Waals surface area contributed by atoms with Gasteiger partial charge in [0.25, 0.3) is 0 Å². The summed E-state index contributed by atoms with van der Waals surface area (Å²) in [6.45, 7) is 3.65. The van der Waals surface area contributed by atoms with E-state index in [0.717, 1.165) is 60.9 Å². The Morgan fingerprint density at radius 1 is 1.27 bits per heavy atom. The van der Waals surface area contributed by atoms with Gasteiger partial charge in [0, 0.05) is 30.4 Å². The van der Waals surface area contributed by atoms with Crippen molar-refractivity contribution in [2.75, 3.05) is 18.0 Å². The molecule has 1 unspecified atom stereocenters. The quantitative estimate of drug-likeness (QED) is 0.606. The van der Waals surface area contributed by atoms with Crippen molar-refractivity contribution >= 4 is 17.2 Å². The summed E-state index contributed by atoms with van der Waals surface area (Å²) in [6, 6.07) is 3.94. The molecule has 3 aromatic rings. The molecule has 8 nitrogen and oxygen atoms in total. The summed E-state index contributed by atoms with van der Waals surface area (Å²) in [7, 11) is 0. The fraction of sp³-hybridized carbons (Fsp3) is 0.444. The highest BCUT2D eigenvalue weighted by molar-refractivity contribution is 5.68. The molecule has 1 aliphatic heterocycles. The van der Waals surface area contributed by atoms with E-state index in [-0.39, 0.29) is 11.5 Å². The van der Waals surface area contributed by atoms with Gasteiger partial charge in [-0.3, -0.25) is 4.98 Å². The maximum Gasteiger partial charge on any atom is 0.206 e. The van der Waals surface area contributed by atoms with Gasteiger partial charge in [0.1, 0.15) is 0 Å². The van der Waals surface area contributed by atoms with Gasteiger partial charge in [-0.05, 0) is 37.8 Å². The van der Waals surface area contributed by atoms with Gasteiger partial charge in [0.05, 0.1) is 17.9 Å². The number of imidazole rings is 1. The Balaban J connectivity index is 1.39. The number of hydroxylamine groups is 1. The Hall–Kier alpha value is -2.58. The highest BCUT2D eigenvalue weighted by atomic mass is 16.5. The van der Waals surface area contributed by atoms with Crippen LogP contribution in [0.1, 0.15) is 35.8 Å². The minimum absolute atomic E-state index is 0.00103. The van der Waals surface area contributed by atoms with Crippen molar-refractivity contribution in [3.63, 3.8) is 0 Å². The molecule has 3 N–H and O–H groups in total. The number of H-pyrrole nitrogens is 1. The zero-order chi connectivity index (χ0) is 17.7. The number of aromatic nitrogens is 5. The van der Waals surface area contributed by atoms with Crippen LogP contribution in [0.4, 0.5) is 5.95 Å². The van der Waals surface area contributed by atoms with E-state index in [4.69, 9.17) is 0 Å². The van der Waals surface area contributed by atoms with E-state index in [1.165, 1.54) is 0 Å². The number of hydrogen-bond acceptors (Lipinski definition) is 7. The molecular formula is C18H21N7O. The number of hydrogen-bond donors (Lipinski definition) is 3. The number of aryl methyl sites for hydroxylation is 1. The molecule has 8 heteroatoms. The predicted molar refractivity (Wildman–Crippen MR) is 95.9 cm³/mol. The lowest BCUT2D eigenvalue weighted by Crippen LogP contribution is -2.45. The molecule has 0 aromatic carbocycles. The van der Waals surface area contributed by atoms with Crippen LogP contribution in [0.5, 0.6) is 0 Å². The molecule has 0 radical (unpaired) electrons. The summed E-state index contributed by atoms with van der Waals surface area (Å²) < 4.78 is 0. The normalized spacial score (nSPS) is 21.5. The van der Waals surface area contributed by atoms with E-state index < -0.39 is 0 Å². The van der Waals surface area contributed by atoms with Crippen molar-refractivity contribution in [1.82, 2.24) is 30.4 Å². The molecule has 1 fully saturated rings. The summed E-state index contributed by atoms with van der Waals surface area (Å²) in [5.41, 5.74) is 7.03. The van der Waals surface area contributed by atoms with Crippen LogP contribution in [0.3, 0.4) is 0 Å². The second kappa shape index (κ2) is 5.72. The minimum Gasteiger partial charge on any atom is -0.342 e. The van der Waals surface area contributed by atoms with Gasteiger partial charge in [-0.2, -0.15) is 10.5 Å². The number of aromatic amines is 1. The van der Waals surface area contributed by atoms with Crippen molar-refractivity contribution in [3.8, 4) is 0 Å². The average Bonchev–Trinajstić information content (AvgIpc) is 3.20. The maximum absolute atomic E-state index is 9.81. The van der Waals surface area contributed by atoms with E-state index in [2.05, 4.69) is 41.4 Å². The molecule has 1 aliphatic carbocycles. The van der Waals surface area contributed by atoms with Crippen LogP contribution in [0.2, 0.25) is 0 Å². The van der Waals surface area contributed by atoms with E-state index in [0.29, 0.717) is 5.65 Å². The van der Waals surface area contributed by atoms with Gasteiger partial charge in [-0.1, -0.05) is 6.07 Å². The SMILES string of the molecule is Cc1cnc2nc(N3CCC4(CC3)Cc3ncccc3C4NO)[nH]c2n1. The van der Waals surface area contributed by atoms with Crippen LogP contribution >= 0.6 is 0 Å². The van der Waals surface area contributed by atoms with E-state index in [9.17, 15) is 5.21 Å². The van der Waals surface area contributed by atoms with Crippen molar-refractivity contribution < 1.29 is 5.21 Å². The Labute approximate surface area is 150 Å². The van der Waals surface area contributed by atoms with E-state index >= 15 is 0 Å². The first-order valence-corrected chi connectivity index (χ1v) is 8.96. The molecular weight excluding hydrogens is 330 g/mol. The Kier molecular flexibility index (Phi) is 3.44. The summed E-state index contributed by atoms with van der Waals surface area (Å²) in [5.74, 6) is 0.822. The van der Waals surface area contributed by atoms with Crippen molar-refractivity contribution in [2.45, 2.75) is 32.2 Å². The highest BCUT2D eigenvalue weighted by Gasteiger charge is 2.48. The smallest absolute Gasteiger partial charge is 0.206 e. The molecule has 1 atom stereocenters. The molecule has 1 spiro atoms. The first-order valence-electron chi connectivity index (χ1n) is 8.96. The van der Waals surface area contributed by atoms with E-state index in [1.54, 1.807) is 6.20 Å². The van der Waals surface area contributed by atoms with Crippen LogP contribution in [0.15, 0.2) is 24.5 Å². The third-order valence-electron chi connectivity index (χ3n) is 5.87. The zero-order valence-corrected chi connectivity index (χ0v) is 14.6. The summed E-state index contributed by atoms with van der Waals surface area (Å²) in [6.07, 6.45) is 6.38. The molecule has 2 aliphatic rings. The predicted octanol–water partition coefficient (Wildman–Crippen LogP) is 1.92. The third-order valence-corrected chi connectivity index (χ3v) is 5.87. The van der Waals surface area contributed by atoms with Gasteiger partial charge < -0.3 is 15.1 Å². The molecule has 26 heavy (non-hydrogen) atoms. The van der Waals surface area contributed by atoms with Gasteiger partial charge in [0.15, 0.2) is 11.3 Å². The van der Waals surface area contributed by atoms with Crippen LogP contribution in [0.25, 0.3) is 11.3 Å². The summed E-state index contributed by atoms with van der Waals surface area (Å²) in [5, 5.41) is 9.81. The molecule has 4 heterocycles. The molecule has 5 rings (SSSR count). The van der Waals surface area contributed by atoms with E-state index in [1.807, 2.05) is 19.2 Å². The largest absolute Gasteiger partial charge is 0.342 e. The van der Waals surface area contributed by atoms with Crippen LogP contribution in [0, 0.1) is 12.3 Å². The standard InChI is InChI=1S/C18H21N7O/c1-11-10-20-15-16(21-11)23-17(22-15)25-7-4-18(5-8-25)9-13-12(14(18)24-26)3-2-6-19-13/h2-3,6,10,14,24,26H,4-5,7-9H2,1H3,(H,20,21,22,23). The molecule has 0 amide bonds. The topological polar surface area (TPSA) is 103 Å². The van der Waals surface area contributed by atoms with Gasteiger partial charge in [-0.25, -0.2) is 9.97 Å². The van der Waals surface area contributed by atoms with Crippen molar-refractivity contribution in [3.05, 3.63) is 41.5 Å². The van der Waals surface area contributed by atoms with Crippen LogP contribution in [-0.2, 0) is 6.42 Å². The lowest BCUT2D eigenvalue weighted by molar-refractivity contribution is 0.0418.